The van der Waals surface area contributed by atoms with Crippen LogP contribution in [0.4, 0.5) is 0 Å². The third kappa shape index (κ3) is 1.21. The molecule has 2 rings (SSSR count). The molecule has 74 valence electrons. The fourth-order valence-electron chi connectivity index (χ4n) is 1.90. The molecule has 1 aliphatic carbocycles. The molecule has 0 bridgehead atoms. The van der Waals surface area contributed by atoms with E-state index < -0.39 is 0 Å². The van der Waals surface area contributed by atoms with Crippen molar-refractivity contribution >= 4 is 28.2 Å². The largest absolute Gasteiger partial charge is 0.0843 e. The van der Waals surface area contributed by atoms with Gasteiger partial charge in [-0.15, -0.1) is 0 Å². The van der Waals surface area contributed by atoms with Crippen LogP contribution < -0.4 is 0 Å². The number of allylic oxidation sites excluding steroid dienone is 1. The van der Waals surface area contributed by atoms with Crippen molar-refractivity contribution < 1.29 is 0 Å². The van der Waals surface area contributed by atoms with Crippen LogP contribution in [0.3, 0.4) is 0 Å². The third-order valence-corrected chi connectivity index (χ3v) is 3.88. The Hall–Kier alpha value is -0.460. The summed E-state index contributed by atoms with van der Waals surface area (Å²) in [4.78, 5) is 0. The third-order valence-electron chi connectivity index (χ3n) is 3.16. The summed E-state index contributed by atoms with van der Waals surface area (Å²) in [7, 11) is 0. The van der Waals surface area contributed by atoms with Gasteiger partial charge in [-0.2, -0.15) is 0 Å². The van der Waals surface area contributed by atoms with Crippen molar-refractivity contribution in [2.75, 3.05) is 0 Å². The van der Waals surface area contributed by atoms with Crippen molar-refractivity contribution in [3.8, 4) is 0 Å². The van der Waals surface area contributed by atoms with Gasteiger partial charge in [0.15, 0.2) is 0 Å². The Bertz CT molecular complexity index is 428. The molecule has 14 heavy (non-hydrogen) atoms. The van der Waals surface area contributed by atoms with E-state index in [-0.39, 0.29) is 5.41 Å². The minimum absolute atomic E-state index is 0.0112. The lowest BCUT2D eigenvalue weighted by Gasteiger charge is -2.22. The predicted molar refractivity (Wildman–Crippen MR) is 62.9 cm³/mol. The maximum absolute atomic E-state index is 6.27. The van der Waals surface area contributed by atoms with Gasteiger partial charge in [-0.05, 0) is 35.8 Å². The van der Waals surface area contributed by atoms with Gasteiger partial charge in [0, 0.05) is 15.5 Å². The smallest absolute Gasteiger partial charge is 0.0479 e. The first-order valence-corrected chi connectivity index (χ1v) is 5.37. The molecule has 0 fully saturated rings. The molecule has 0 heterocycles. The van der Waals surface area contributed by atoms with Crippen molar-refractivity contribution in [1.29, 1.82) is 0 Å². The number of benzene rings is 1. The second kappa shape index (κ2) is 3.01. The Morgan fingerprint density at radius 3 is 2.43 bits per heavy atom. The highest BCUT2D eigenvalue weighted by Crippen LogP contribution is 2.47. The van der Waals surface area contributed by atoms with E-state index in [1.807, 2.05) is 18.2 Å². The molecule has 0 N–H and O–H groups in total. The van der Waals surface area contributed by atoms with Crippen LogP contribution in [0.1, 0.15) is 31.9 Å². The molecule has 1 aliphatic rings. The van der Waals surface area contributed by atoms with Gasteiger partial charge in [0.05, 0.1) is 0 Å². The second-order valence-corrected chi connectivity index (χ2v) is 5.07. The monoisotopic (exact) mass is 226 g/mol. The minimum atomic E-state index is 0.0112. The summed E-state index contributed by atoms with van der Waals surface area (Å²) in [6, 6.07) is 5.89. The second-order valence-electron chi connectivity index (χ2n) is 4.25. The van der Waals surface area contributed by atoms with Crippen molar-refractivity contribution in [2.24, 2.45) is 0 Å². The Kier molecular flexibility index (Phi) is 2.17. The molecule has 0 aromatic heterocycles. The topological polar surface area (TPSA) is 0 Å². The van der Waals surface area contributed by atoms with Gasteiger partial charge in [-0.1, -0.05) is 43.1 Å². The molecule has 0 amide bonds. The lowest BCUT2D eigenvalue weighted by Crippen LogP contribution is -2.15. The molecule has 0 radical (unpaired) electrons. The van der Waals surface area contributed by atoms with Gasteiger partial charge >= 0.3 is 0 Å². The van der Waals surface area contributed by atoms with Crippen LogP contribution in [0.5, 0.6) is 0 Å². The lowest BCUT2D eigenvalue weighted by atomic mass is 9.82. The average molecular weight is 227 g/mol. The molecule has 0 atom stereocenters. The highest BCUT2D eigenvalue weighted by molar-refractivity contribution is 6.50. The maximum atomic E-state index is 6.27. The van der Waals surface area contributed by atoms with Crippen molar-refractivity contribution in [1.82, 2.24) is 0 Å². The summed E-state index contributed by atoms with van der Waals surface area (Å²) >= 11 is 12.3. The molecule has 0 nitrogen and oxygen atoms in total. The van der Waals surface area contributed by atoms with E-state index in [4.69, 9.17) is 23.2 Å². The molecule has 0 aliphatic heterocycles. The zero-order valence-electron chi connectivity index (χ0n) is 8.49. The first-order chi connectivity index (χ1) is 6.44. The summed E-state index contributed by atoms with van der Waals surface area (Å²) < 4.78 is 0. The van der Waals surface area contributed by atoms with E-state index in [1.165, 1.54) is 11.1 Å². The van der Waals surface area contributed by atoms with Crippen LogP contribution in [0.2, 0.25) is 5.02 Å². The van der Waals surface area contributed by atoms with Crippen LogP contribution in [-0.2, 0) is 5.41 Å². The standard InChI is InChI=1S/C12H12Cl2/c1-7-11(14)9-5-4-8(13)6-10(9)12(7,2)3/h4-6H,1-3H3. The molecular formula is C12H12Cl2. The van der Waals surface area contributed by atoms with Crippen LogP contribution in [0, 0.1) is 0 Å². The quantitative estimate of drug-likeness (QED) is 0.607. The fourth-order valence-corrected chi connectivity index (χ4v) is 2.48. The zero-order valence-corrected chi connectivity index (χ0v) is 10.00. The number of halogens is 2. The molecule has 0 saturated heterocycles. The molecule has 0 unspecified atom stereocenters. The minimum Gasteiger partial charge on any atom is -0.0843 e. The SMILES string of the molecule is CC1=C(Cl)c2ccc(Cl)cc2C1(C)C. The highest BCUT2D eigenvalue weighted by Gasteiger charge is 2.34. The van der Waals surface area contributed by atoms with E-state index in [9.17, 15) is 0 Å². The van der Waals surface area contributed by atoms with Gasteiger partial charge in [0.2, 0.25) is 0 Å². The number of hydrogen-bond donors (Lipinski definition) is 0. The molecule has 0 spiro atoms. The van der Waals surface area contributed by atoms with Gasteiger partial charge in [0.1, 0.15) is 0 Å². The average Bonchev–Trinajstić information content (AvgIpc) is 2.29. The van der Waals surface area contributed by atoms with Gasteiger partial charge in [0.25, 0.3) is 0 Å². The summed E-state index contributed by atoms with van der Waals surface area (Å²) in [5.74, 6) is 0. The number of hydrogen-bond acceptors (Lipinski definition) is 0. The van der Waals surface area contributed by atoms with Crippen LogP contribution in [-0.4, -0.2) is 0 Å². The Balaban J connectivity index is 2.73. The molecule has 0 saturated carbocycles. The van der Waals surface area contributed by atoms with E-state index >= 15 is 0 Å². The molecule has 1 aromatic rings. The molecule has 1 aromatic carbocycles. The highest BCUT2D eigenvalue weighted by atomic mass is 35.5. The predicted octanol–water partition coefficient (Wildman–Crippen LogP) is 4.60. The Morgan fingerprint density at radius 2 is 1.79 bits per heavy atom. The van der Waals surface area contributed by atoms with Crippen molar-refractivity contribution in [3.05, 3.63) is 39.9 Å². The maximum Gasteiger partial charge on any atom is 0.0479 e. The van der Waals surface area contributed by atoms with Crippen LogP contribution in [0.25, 0.3) is 5.03 Å². The Labute approximate surface area is 94.5 Å². The van der Waals surface area contributed by atoms with Gasteiger partial charge in [-0.25, -0.2) is 0 Å². The summed E-state index contributed by atoms with van der Waals surface area (Å²) in [6.07, 6.45) is 0. The van der Waals surface area contributed by atoms with E-state index in [2.05, 4.69) is 20.8 Å². The van der Waals surface area contributed by atoms with E-state index in [0.29, 0.717) is 0 Å². The van der Waals surface area contributed by atoms with Crippen LogP contribution in [0.15, 0.2) is 23.8 Å². The zero-order chi connectivity index (χ0) is 10.5. The summed E-state index contributed by atoms with van der Waals surface area (Å²) in [5.41, 5.74) is 3.58. The summed E-state index contributed by atoms with van der Waals surface area (Å²) in [6.45, 7) is 6.43. The van der Waals surface area contributed by atoms with Crippen molar-refractivity contribution in [2.45, 2.75) is 26.2 Å². The first kappa shape index (κ1) is 10.1. The normalized spacial score (nSPS) is 18.6. The van der Waals surface area contributed by atoms with Gasteiger partial charge < -0.3 is 0 Å². The first-order valence-electron chi connectivity index (χ1n) is 4.62. The van der Waals surface area contributed by atoms with E-state index in [0.717, 1.165) is 15.6 Å². The number of fused-ring (bicyclic) bond motifs is 1. The molecule has 2 heteroatoms. The van der Waals surface area contributed by atoms with E-state index in [1.54, 1.807) is 0 Å². The van der Waals surface area contributed by atoms with Crippen LogP contribution >= 0.6 is 23.2 Å². The lowest BCUT2D eigenvalue weighted by molar-refractivity contribution is 0.639. The van der Waals surface area contributed by atoms with Crippen molar-refractivity contribution in [3.63, 3.8) is 0 Å². The van der Waals surface area contributed by atoms with Gasteiger partial charge in [-0.3, -0.25) is 0 Å². The summed E-state index contributed by atoms with van der Waals surface area (Å²) in [5, 5.41) is 1.65. The Morgan fingerprint density at radius 1 is 1.14 bits per heavy atom. The number of rotatable bonds is 0. The fraction of sp³-hybridized carbons (Fsp3) is 0.333. The molecular weight excluding hydrogens is 215 g/mol.